The van der Waals surface area contributed by atoms with E-state index in [0.717, 1.165) is 0 Å². The van der Waals surface area contributed by atoms with Crippen LogP contribution in [0.25, 0.3) is 5.53 Å². The summed E-state index contributed by atoms with van der Waals surface area (Å²) < 4.78 is 4.83. The molecular weight excluding hydrogens is 156 g/mol. The Morgan fingerprint density at radius 2 is 2.42 bits per heavy atom. The molecule has 0 aromatic heterocycles. The van der Waals surface area contributed by atoms with Crippen LogP contribution in [-0.4, -0.2) is 22.6 Å². The molecule has 0 saturated carbocycles. The molecule has 0 aromatic carbocycles. The van der Waals surface area contributed by atoms with E-state index >= 15 is 0 Å². The first kappa shape index (κ1) is 8.43. The molecule has 0 bridgehead atoms. The fourth-order valence-corrected chi connectivity index (χ4v) is 0.881. The lowest BCUT2D eigenvalue weighted by atomic mass is 10.1. The minimum atomic E-state index is -0.558. The van der Waals surface area contributed by atoms with Crippen molar-refractivity contribution in [1.29, 1.82) is 0 Å². The largest absolute Gasteiger partial charge is 0.446 e. The third-order valence-electron chi connectivity index (χ3n) is 1.36. The molecule has 0 radical (unpaired) electrons. The maximum absolute atomic E-state index is 10.6. The molecular formula is C8H8N2O2. The third-order valence-corrected chi connectivity index (χ3v) is 1.36. The highest BCUT2D eigenvalue weighted by atomic mass is 16.5. The number of rotatable bonds is 1. The maximum atomic E-state index is 10.6. The monoisotopic (exact) mass is 164 g/mol. The molecule has 0 heterocycles. The maximum Gasteiger partial charge on any atom is 0.336 e. The van der Waals surface area contributed by atoms with Crippen molar-refractivity contribution < 1.29 is 14.3 Å². The molecule has 0 amide bonds. The van der Waals surface area contributed by atoms with E-state index in [2.05, 4.69) is 4.79 Å². The summed E-state index contributed by atoms with van der Waals surface area (Å²) in [5, 5.41) is 0. The number of allylic oxidation sites excluding steroid dienone is 2. The van der Waals surface area contributed by atoms with Crippen LogP contribution in [0.15, 0.2) is 24.3 Å². The standard InChI is InChI=1S/C8H8N2O2/c1-6(11)12-8-5-3-2-4-7(8)10-9/h2-5,8H,1H3. The van der Waals surface area contributed by atoms with Crippen LogP contribution in [0.4, 0.5) is 0 Å². The van der Waals surface area contributed by atoms with E-state index in [1.807, 2.05) is 0 Å². The van der Waals surface area contributed by atoms with E-state index in [1.54, 1.807) is 24.3 Å². The smallest absolute Gasteiger partial charge is 0.336 e. The number of carbonyl (C=O) groups is 1. The summed E-state index contributed by atoms with van der Waals surface area (Å²) in [6, 6.07) is 0. The van der Waals surface area contributed by atoms with Gasteiger partial charge in [0, 0.05) is 13.0 Å². The summed E-state index contributed by atoms with van der Waals surface area (Å²) in [7, 11) is 0. The van der Waals surface area contributed by atoms with Crippen LogP contribution in [0.5, 0.6) is 0 Å². The molecule has 1 rings (SSSR count). The second-order valence-electron chi connectivity index (χ2n) is 2.30. The Hall–Kier alpha value is -1.67. The SMILES string of the molecule is CC(=O)OC1C=CC=CC1=[N+]=[N-]. The summed E-state index contributed by atoms with van der Waals surface area (Å²) in [6.45, 7) is 1.31. The second kappa shape index (κ2) is 3.64. The minimum Gasteiger partial charge on any atom is -0.446 e. The number of ether oxygens (including phenoxy) is 1. The molecule has 4 nitrogen and oxygen atoms in total. The van der Waals surface area contributed by atoms with Gasteiger partial charge in [-0.3, -0.25) is 4.79 Å². The van der Waals surface area contributed by atoms with Gasteiger partial charge < -0.3 is 10.3 Å². The zero-order valence-corrected chi connectivity index (χ0v) is 6.60. The quantitative estimate of drug-likeness (QED) is 0.325. The van der Waals surface area contributed by atoms with Crippen molar-refractivity contribution in [3.8, 4) is 0 Å². The Labute approximate surface area is 69.8 Å². The average Bonchev–Trinajstić information content (AvgIpc) is 2.04. The van der Waals surface area contributed by atoms with Gasteiger partial charge in [-0.15, -0.1) is 0 Å². The lowest BCUT2D eigenvalue weighted by Crippen LogP contribution is -2.24. The van der Waals surface area contributed by atoms with Gasteiger partial charge in [0.15, 0.2) is 0 Å². The van der Waals surface area contributed by atoms with Gasteiger partial charge in [-0.05, 0) is 6.08 Å². The van der Waals surface area contributed by atoms with Gasteiger partial charge >= 0.3 is 11.7 Å². The zero-order valence-electron chi connectivity index (χ0n) is 6.60. The lowest BCUT2D eigenvalue weighted by molar-refractivity contribution is -0.143. The molecule has 1 unspecified atom stereocenters. The Balaban J connectivity index is 2.76. The van der Waals surface area contributed by atoms with Crippen LogP contribution in [0.1, 0.15) is 6.92 Å². The summed E-state index contributed by atoms with van der Waals surface area (Å²) >= 11 is 0. The molecule has 0 aliphatic heterocycles. The van der Waals surface area contributed by atoms with Crippen molar-refractivity contribution in [3.05, 3.63) is 29.8 Å². The zero-order chi connectivity index (χ0) is 8.97. The van der Waals surface area contributed by atoms with Gasteiger partial charge in [0.25, 0.3) is 0 Å². The van der Waals surface area contributed by atoms with Crippen molar-refractivity contribution in [3.63, 3.8) is 0 Å². The van der Waals surface area contributed by atoms with Crippen LogP contribution >= 0.6 is 0 Å². The molecule has 62 valence electrons. The molecule has 1 aliphatic rings. The van der Waals surface area contributed by atoms with E-state index < -0.39 is 12.1 Å². The second-order valence-corrected chi connectivity index (χ2v) is 2.30. The highest BCUT2D eigenvalue weighted by Gasteiger charge is 2.22. The Bertz CT molecular complexity index is 298. The van der Waals surface area contributed by atoms with Crippen LogP contribution in [0, 0.1) is 0 Å². The summed E-state index contributed by atoms with van der Waals surface area (Å²) in [5.41, 5.74) is 8.81. The predicted octanol–water partition coefficient (Wildman–Crippen LogP) is 0.715. The normalized spacial score (nSPS) is 20.4. The predicted molar refractivity (Wildman–Crippen MR) is 42.5 cm³/mol. The van der Waals surface area contributed by atoms with Gasteiger partial charge in [0.2, 0.25) is 6.10 Å². The molecule has 1 aliphatic carbocycles. The van der Waals surface area contributed by atoms with E-state index in [4.69, 9.17) is 10.3 Å². The molecule has 12 heavy (non-hydrogen) atoms. The van der Waals surface area contributed by atoms with Crippen molar-refractivity contribution in [2.24, 2.45) is 0 Å². The summed E-state index contributed by atoms with van der Waals surface area (Å²) in [6.07, 6.45) is 6.08. The fourth-order valence-electron chi connectivity index (χ4n) is 0.881. The number of nitrogens with zero attached hydrogens (tertiary/aromatic N) is 2. The molecule has 0 aromatic rings. The number of hydrogen-bond donors (Lipinski definition) is 0. The summed E-state index contributed by atoms with van der Waals surface area (Å²) in [4.78, 5) is 13.5. The Kier molecular flexibility index (Phi) is 2.56. The first-order valence-corrected chi connectivity index (χ1v) is 3.48. The first-order valence-electron chi connectivity index (χ1n) is 3.48. The Morgan fingerprint density at radius 1 is 1.67 bits per heavy atom. The van der Waals surface area contributed by atoms with Gasteiger partial charge in [-0.25, -0.2) is 0 Å². The van der Waals surface area contributed by atoms with Crippen LogP contribution in [0.2, 0.25) is 0 Å². The van der Waals surface area contributed by atoms with Crippen molar-refractivity contribution >= 4 is 11.7 Å². The molecule has 0 saturated heterocycles. The highest BCUT2D eigenvalue weighted by Crippen LogP contribution is 2.03. The van der Waals surface area contributed by atoms with Crippen molar-refractivity contribution in [1.82, 2.24) is 0 Å². The topological polar surface area (TPSA) is 62.7 Å². The highest BCUT2D eigenvalue weighted by molar-refractivity contribution is 5.97. The molecule has 4 heteroatoms. The number of hydrogen-bond acceptors (Lipinski definition) is 2. The van der Waals surface area contributed by atoms with E-state index in [0.29, 0.717) is 5.71 Å². The van der Waals surface area contributed by atoms with Crippen LogP contribution in [-0.2, 0) is 9.53 Å². The Morgan fingerprint density at radius 3 is 3.00 bits per heavy atom. The van der Waals surface area contributed by atoms with Crippen molar-refractivity contribution in [2.75, 3.05) is 0 Å². The van der Waals surface area contributed by atoms with Crippen LogP contribution in [0.3, 0.4) is 0 Å². The van der Waals surface area contributed by atoms with Gasteiger partial charge in [-0.2, -0.15) is 4.79 Å². The first-order chi connectivity index (χ1) is 5.74. The molecule has 1 atom stereocenters. The van der Waals surface area contributed by atoms with E-state index in [-0.39, 0.29) is 0 Å². The number of esters is 1. The van der Waals surface area contributed by atoms with Crippen LogP contribution < -0.4 is 0 Å². The van der Waals surface area contributed by atoms with Crippen molar-refractivity contribution in [2.45, 2.75) is 13.0 Å². The molecule has 0 fully saturated rings. The van der Waals surface area contributed by atoms with E-state index in [1.165, 1.54) is 6.92 Å². The molecule has 0 N–H and O–H groups in total. The fraction of sp³-hybridized carbons (Fsp3) is 0.250. The van der Waals surface area contributed by atoms with Gasteiger partial charge in [-0.1, -0.05) is 12.2 Å². The minimum absolute atomic E-state index is 0.327. The van der Waals surface area contributed by atoms with Gasteiger partial charge in [0.05, 0.1) is 0 Å². The molecule has 0 spiro atoms. The lowest BCUT2D eigenvalue weighted by Gasteiger charge is -2.07. The number of carbonyl (C=O) groups excluding carboxylic acids is 1. The third kappa shape index (κ3) is 1.90. The van der Waals surface area contributed by atoms with E-state index in [9.17, 15) is 4.79 Å². The average molecular weight is 164 g/mol. The van der Waals surface area contributed by atoms with Gasteiger partial charge in [0.1, 0.15) is 0 Å². The summed E-state index contributed by atoms with van der Waals surface area (Å²) in [5.74, 6) is -0.402.